The van der Waals surface area contributed by atoms with Gasteiger partial charge >= 0.3 is 6.03 Å². The second-order valence-corrected chi connectivity index (χ2v) is 5.72. The molecule has 1 aromatic carbocycles. The van der Waals surface area contributed by atoms with Gasteiger partial charge in [-0.05, 0) is 36.2 Å². The van der Waals surface area contributed by atoms with Crippen molar-refractivity contribution in [3.05, 3.63) is 53.7 Å². The predicted octanol–water partition coefficient (Wildman–Crippen LogP) is 2.71. The molecule has 0 bridgehead atoms. The van der Waals surface area contributed by atoms with Crippen LogP contribution in [-0.2, 0) is 0 Å². The maximum Gasteiger partial charge on any atom is 0.322 e. The Morgan fingerprint density at radius 1 is 1.36 bits per heavy atom. The number of hydrogen-bond acceptors (Lipinski definition) is 4. The summed E-state index contributed by atoms with van der Waals surface area (Å²) in [6.45, 7) is 0.0814. The minimum atomic E-state index is -0.992. The molecule has 0 spiro atoms. The highest BCUT2D eigenvalue weighted by molar-refractivity contribution is 5.91. The first-order valence-corrected chi connectivity index (χ1v) is 7.69. The molecule has 1 fully saturated rings. The number of urea groups is 1. The van der Waals surface area contributed by atoms with Crippen molar-refractivity contribution in [1.29, 1.82) is 0 Å². The number of ether oxygens (including phenoxy) is 1. The van der Waals surface area contributed by atoms with E-state index in [1.165, 1.54) is 24.3 Å². The Morgan fingerprint density at radius 2 is 2.16 bits per heavy atom. The van der Waals surface area contributed by atoms with E-state index in [-0.39, 0.29) is 18.8 Å². The number of nitrogens with one attached hydrogen (secondary N) is 1. The Morgan fingerprint density at radius 3 is 2.88 bits per heavy atom. The minimum absolute atomic E-state index is 0.0814. The Hall–Kier alpha value is -2.74. The summed E-state index contributed by atoms with van der Waals surface area (Å²) < 4.78 is 31.8. The molecular formula is C17H17F2N3O3. The fourth-order valence-corrected chi connectivity index (χ4v) is 2.91. The van der Waals surface area contributed by atoms with Crippen LogP contribution in [0.5, 0.6) is 5.88 Å². The summed E-state index contributed by atoms with van der Waals surface area (Å²) in [6.07, 6.45) is 1.01. The second kappa shape index (κ2) is 7.02. The van der Waals surface area contributed by atoms with Gasteiger partial charge < -0.3 is 20.1 Å². The van der Waals surface area contributed by atoms with E-state index in [1.54, 1.807) is 12.1 Å². The highest BCUT2D eigenvalue weighted by Gasteiger charge is 2.36. The fourth-order valence-electron chi connectivity index (χ4n) is 2.91. The van der Waals surface area contributed by atoms with E-state index in [4.69, 9.17) is 4.74 Å². The molecule has 0 unspecified atom stereocenters. The lowest BCUT2D eigenvalue weighted by molar-refractivity contribution is 0.175. The number of carbonyl (C=O) groups excluding carboxylic acids is 1. The number of aromatic nitrogens is 1. The van der Waals surface area contributed by atoms with Gasteiger partial charge in [-0.15, -0.1) is 0 Å². The molecule has 2 heterocycles. The maximum absolute atomic E-state index is 13.5. The number of aliphatic hydroxyl groups is 1. The third-order valence-electron chi connectivity index (χ3n) is 4.07. The number of benzene rings is 1. The predicted molar refractivity (Wildman–Crippen MR) is 86.2 cm³/mol. The first-order valence-electron chi connectivity index (χ1n) is 7.69. The normalized spacial score (nSPS) is 19.8. The highest BCUT2D eigenvalue weighted by Crippen LogP contribution is 2.33. The monoisotopic (exact) mass is 349 g/mol. The van der Waals surface area contributed by atoms with Crippen molar-refractivity contribution >= 4 is 11.7 Å². The van der Waals surface area contributed by atoms with Crippen molar-refractivity contribution in [1.82, 2.24) is 9.88 Å². The van der Waals surface area contributed by atoms with Gasteiger partial charge in [0.2, 0.25) is 5.88 Å². The van der Waals surface area contributed by atoms with Gasteiger partial charge in [0.15, 0.2) is 11.6 Å². The molecule has 3 rings (SSSR count). The van der Waals surface area contributed by atoms with Gasteiger partial charge in [-0.25, -0.2) is 18.6 Å². The van der Waals surface area contributed by atoms with Gasteiger partial charge in [0.1, 0.15) is 5.69 Å². The molecule has 0 radical (unpaired) electrons. The Labute approximate surface area is 143 Å². The lowest BCUT2D eigenvalue weighted by atomic mass is 10.0. The lowest BCUT2D eigenvalue weighted by Gasteiger charge is -2.25. The number of amides is 2. The average Bonchev–Trinajstić information content (AvgIpc) is 3.00. The average molecular weight is 349 g/mol. The quantitative estimate of drug-likeness (QED) is 0.893. The van der Waals surface area contributed by atoms with E-state index in [0.29, 0.717) is 11.3 Å². The summed E-state index contributed by atoms with van der Waals surface area (Å²) in [4.78, 5) is 18.0. The van der Waals surface area contributed by atoms with E-state index in [2.05, 4.69) is 10.3 Å². The summed E-state index contributed by atoms with van der Waals surface area (Å²) in [7, 11) is 1.43. The zero-order valence-electron chi connectivity index (χ0n) is 13.4. The van der Waals surface area contributed by atoms with Crippen molar-refractivity contribution in [3.8, 4) is 5.88 Å². The molecule has 25 heavy (non-hydrogen) atoms. The number of pyridine rings is 1. The van der Waals surface area contributed by atoms with Crippen LogP contribution in [0.2, 0.25) is 0 Å². The third-order valence-corrected chi connectivity index (χ3v) is 4.07. The Bertz CT molecular complexity index is 787. The number of methoxy groups -OCH3 is 1. The van der Waals surface area contributed by atoms with Crippen LogP contribution in [-0.4, -0.2) is 40.8 Å². The van der Waals surface area contributed by atoms with Crippen LogP contribution in [0.3, 0.4) is 0 Å². The van der Waals surface area contributed by atoms with Crippen molar-refractivity contribution in [2.45, 2.75) is 18.6 Å². The van der Waals surface area contributed by atoms with Gasteiger partial charge in [-0.1, -0.05) is 6.07 Å². The van der Waals surface area contributed by atoms with Crippen LogP contribution >= 0.6 is 0 Å². The van der Waals surface area contributed by atoms with Crippen molar-refractivity contribution in [3.63, 3.8) is 0 Å². The van der Waals surface area contributed by atoms with E-state index in [1.807, 2.05) is 0 Å². The molecule has 2 N–H and O–H groups in total. The largest absolute Gasteiger partial charge is 0.480 e. The molecule has 6 nitrogen and oxygen atoms in total. The van der Waals surface area contributed by atoms with Gasteiger partial charge in [0.25, 0.3) is 0 Å². The molecule has 1 aliphatic heterocycles. The van der Waals surface area contributed by atoms with Crippen molar-refractivity contribution in [2.75, 3.05) is 19.0 Å². The Balaban J connectivity index is 1.83. The lowest BCUT2D eigenvalue weighted by Crippen LogP contribution is -2.35. The van der Waals surface area contributed by atoms with Gasteiger partial charge in [-0.3, -0.25) is 0 Å². The molecular weight excluding hydrogens is 332 g/mol. The fraction of sp³-hybridized carbons (Fsp3) is 0.294. The highest BCUT2D eigenvalue weighted by atomic mass is 19.2. The molecule has 2 amide bonds. The standard InChI is InChI=1S/C17H17F2N3O3/c1-25-16-14(3-2-6-20-16)21-17(24)22-9-11(23)8-15(22)10-4-5-12(18)13(19)7-10/h2-7,11,15,23H,8-9H2,1H3,(H,21,24)/t11-,15+/m1/s1. The maximum atomic E-state index is 13.5. The van der Waals surface area contributed by atoms with E-state index in [0.717, 1.165) is 12.1 Å². The number of aliphatic hydroxyl groups excluding tert-OH is 1. The molecule has 2 atom stereocenters. The Kier molecular flexibility index (Phi) is 4.80. The number of likely N-dealkylation sites (tertiary alicyclic amines) is 1. The summed E-state index contributed by atoms with van der Waals surface area (Å²) in [5.74, 6) is -1.70. The van der Waals surface area contributed by atoms with Crippen molar-refractivity contribution < 1.29 is 23.4 Å². The SMILES string of the molecule is COc1ncccc1NC(=O)N1C[C@H](O)C[C@H]1c1ccc(F)c(F)c1. The number of anilines is 1. The van der Waals surface area contributed by atoms with Crippen LogP contribution in [0.1, 0.15) is 18.0 Å². The summed E-state index contributed by atoms with van der Waals surface area (Å²) in [5, 5.41) is 12.6. The number of rotatable bonds is 3. The topological polar surface area (TPSA) is 74.7 Å². The number of hydrogen-bond donors (Lipinski definition) is 2. The zero-order valence-corrected chi connectivity index (χ0v) is 13.4. The van der Waals surface area contributed by atoms with E-state index in [9.17, 15) is 18.7 Å². The van der Waals surface area contributed by atoms with Crippen LogP contribution in [0.15, 0.2) is 36.5 Å². The number of nitrogens with zero attached hydrogens (tertiary/aromatic N) is 2. The first-order chi connectivity index (χ1) is 12.0. The van der Waals surface area contributed by atoms with Gasteiger partial charge in [0.05, 0.1) is 19.3 Å². The smallest absolute Gasteiger partial charge is 0.322 e. The summed E-state index contributed by atoms with van der Waals surface area (Å²) in [6, 6.07) is 5.68. The van der Waals surface area contributed by atoms with Crippen molar-refractivity contribution in [2.24, 2.45) is 0 Å². The number of carbonyl (C=O) groups is 1. The molecule has 1 saturated heterocycles. The second-order valence-electron chi connectivity index (χ2n) is 5.72. The molecule has 1 aliphatic rings. The minimum Gasteiger partial charge on any atom is -0.480 e. The van der Waals surface area contributed by atoms with Crippen LogP contribution in [0.25, 0.3) is 0 Å². The van der Waals surface area contributed by atoms with Gasteiger partial charge in [0, 0.05) is 12.7 Å². The summed E-state index contributed by atoms with van der Waals surface area (Å²) >= 11 is 0. The number of β-amino-alcohol motifs (C(OH)–C–C–N with tert-alkyl or cyclic N) is 1. The van der Waals surface area contributed by atoms with E-state index >= 15 is 0 Å². The van der Waals surface area contributed by atoms with Gasteiger partial charge in [-0.2, -0.15) is 0 Å². The summed E-state index contributed by atoms with van der Waals surface area (Å²) in [5.41, 5.74) is 0.796. The third kappa shape index (κ3) is 3.53. The van der Waals surface area contributed by atoms with E-state index < -0.39 is 29.8 Å². The van der Waals surface area contributed by atoms with Crippen LogP contribution in [0.4, 0.5) is 19.3 Å². The molecule has 0 aliphatic carbocycles. The molecule has 8 heteroatoms. The number of halogens is 2. The molecule has 1 aromatic heterocycles. The molecule has 0 saturated carbocycles. The molecule has 2 aromatic rings. The zero-order chi connectivity index (χ0) is 18.0. The van der Waals surface area contributed by atoms with Crippen LogP contribution < -0.4 is 10.1 Å². The van der Waals surface area contributed by atoms with Crippen LogP contribution in [0, 0.1) is 11.6 Å². The first kappa shape index (κ1) is 17.1. The molecule has 132 valence electrons.